The van der Waals surface area contributed by atoms with E-state index in [4.69, 9.17) is 17.4 Å². The van der Waals surface area contributed by atoms with Crippen LogP contribution in [0.4, 0.5) is 11.5 Å². The molecule has 4 N–H and O–H groups in total. The van der Waals surface area contributed by atoms with Gasteiger partial charge in [0.2, 0.25) is 0 Å². The highest BCUT2D eigenvalue weighted by molar-refractivity contribution is 9.10. The van der Waals surface area contributed by atoms with Gasteiger partial charge in [-0.3, -0.25) is 4.79 Å². The first-order valence-corrected chi connectivity index (χ1v) is 6.89. The van der Waals surface area contributed by atoms with Gasteiger partial charge in [0.1, 0.15) is 11.0 Å². The summed E-state index contributed by atoms with van der Waals surface area (Å²) in [6.45, 7) is 1.94. The summed E-state index contributed by atoms with van der Waals surface area (Å²) in [6, 6.07) is 8.60. The molecule has 0 aliphatic rings. The molecule has 0 spiro atoms. The Morgan fingerprint density at radius 3 is 2.85 bits per heavy atom. The maximum Gasteiger partial charge on any atom is 0.255 e. The molecule has 1 heterocycles. The number of rotatable bonds is 3. The minimum absolute atomic E-state index is 0.189. The van der Waals surface area contributed by atoms with Crippen molar-refractivity contribution in [2.75, 3.05) is 10.7 Å². The third-order valence-electron chi connectivity index (χ3n) is 2.64. The molecule has 2 rings (SSSR count). The van der Waals surface area contributed by atoms with Crippen LogP contribution in [0.15, 0.2) is 34.8 Å². The number of halogens is 2. The lowest BCUT2D eigenvalue weighted by atomic mass is 10.2. The topological polar surface area (TPSA) is 80.0 Å². The molecule has 0 unspecified atom stereocenters. The number of nitrogens with zero attached hydrogens (tertiary/aromatic N) is 1. The summed E-state index contributed by atoms with van der Waals surface area (Å²) in [6.07, 6.45) is 0. The zero-order valence-electron chi connectivity index (χ0n) is 10.6. The Morgan fingerprint density at radius 1 is 1.40 bits per heavy atom. The first-order valence-electron chi connectivity index (χ1n) is 5.72. The Kier molecular flexibility index (Phi) is 4.59. The van der Waals surface area contributed by atoms with Crippen LogP contribution in [0, 0.1) is 6.92 Å². The molecule has 0 fully saturated rings. The number of benzene rings is 1. The number of carbonyl (C=O) groups excluding carboxylic acids is 1. The summed E-state index contributed by atoms with van der Waals surface area (Å²) < 4.78 is 0.839. The van der Waals surface area contributed by atoms with Crippen LogP contribution in [0.25, 0.3) is 0 Å². The predicted molar refractivity (Wildman–Crippen MR) is 83.9 cm³/mol. The molecule has 1 aromatic heterocycles. The number of nitrogen functional groups attached to an aromatic ring is 1. The number of hydrogen-bond donors (Lipinski definition) is 3. The second kappa shape index (κ2) is 6.21. The molecule has 0 atom stereocenters. The fourth-order valence-electron chi connectivity index (χ4n) is 1.64. The summed E-state index contributed by atoms with van der Waals surface area (Å²) in [4.78, 5) is 16.1. The minimum Gasteiger partial charge on any atom is -0.321 e. The van der Waals surface area contributed by atoms with Crippen LogP contribution in [0.5, 0.6) is 0 Å². The van der Waals surface area contributed by atoms with Gasteiger partial charge in [0.25, 0.3) is 5.91 Å². The average molecular weight is 356 g/mol. The van der Waals surface area contributed by atoms with Crippen LogP contribution >= 0.6 is 27.5 Å². The van der Waals surface area contributed by atoms with E-state index < -0.39 is 0 Å². The lowest BCUT2D eigenvalue weighted by molar-refractivity contribution is 0.102. The van der Waals surface area contributed by atoms with E-state index >= 15 is 0 Å². The molecule has 7 heteroatoms. The monoisotopic (exact) mass is 354 g/mol. The Balaban J connectivity index is 2.28. The van der Waals surface area contributed by atoms with Crippen molar-refractivity contribution < 1.29 is 4.79 Å². The van der Waals surface area contributed by atoms with Gasteiger partial charge in [0.05, 0.1) is 5.69 Å². The quantitative estimate of drug-likeness (QED) is 0.448. The Labute approximate surface area is 129 Å². The van der Waals surface area contributed by atoms with E-state index in [1.165, 1.54) is 12.1 Å². The Morgan fingerprint density at radius 2 is 2.15 bits per heavy atom. The fraction of sp³-hybridized carbons (Fsp3) is 0.0769. The van der Waals surface area contributed by atoms with E-state index in [1.807, 2.05) is 19.1 Å². The first-order chi connectivity index (χ1) is 9.51. The number of carbonyl (C=O) groups is 1. The normalized spacial score (nSPS) is 10.2. The molecule has 5 nitrogen and oxygen atoms in total. The number of pyridine rings is 1. The van der Waals surface area contributed by atoms with Gasteiger partial charge in [-0.2, -0.15) is 0 Å². The molecule has 1 amide bonds. The highest BCUT2D eigenvalue weighted by Crippen LogP contribution is 2.26. The van der Waals surface area contributed by atoms with Crippen molar-refractivity contribution in [2.24, 2.45) is 5.84 Å². The zero-order valence-corrected chi connectivity index (χ0v) is 12.9. The van der Waals surface area contributed by atoms with E-state index in [-0.39, 0.29) is 11.1 Å². The number of hydrogen-bond acceptors (Lipinski definition) is 4. The number of anilines is 2. The molecule has 1 aromatic carbocycles. The van der Waals surface area contributed by atoms with Gasteiger partial charge in [0.15, 0.2) is 0 Å². The number of aryl methyl sites for hydroxylation is 1. The van der Waals surface area contributed by atoms with Crippen LogP contribution in [0.3, 0.4) is 0 Å². The van der Waals surface area contributed by atoms with E-state index in [9.17, 15) is 4.79 Å². The van der Waals surface area contributed by atoms with Crippen LogP contribution < -0.4 is 16.6 Å². The van der Waals surface area contributed by atoms with Crippen molar-refractivity contribution in [3.63, 3.8) is 0 Å². The van der Waals surface area contributed by atoms with Crippen LogP contribution in [-0.4, -0.2) is 10.9 Å². The SMILES string of the molecule is Cc1cccc(NC(=O)c2cc(Cl)nc(NN)c2)c1Br. The Hall–Kier alpha value is -1.63. The highest BCUT2D eigenvalue weighted by atomic mass is 79.9. The zero-order chi connectivity index (χ0) is 14.7. The van der Waals surface area contributed by atoms with Gasteiger partial charge < -0.3 is 10.7 Å². The highest BCUT2D eigenvalue weighted by Gasteiger charge is 2.11. The van der Waals surface area contributed by atoms with Crippen molar-refractivity contribution in [2.45, 2.75) is 6.92 Å². The second-order valence-corrected chi connectivity index (χ2v) is 5.28. The molecule has 0 saturated carbocycles. The summed E-state index contributed by atoms with van der Waals surface area (Å²) in [5.41, 5.74) is 4.44. The average Bonchev–Trinajstić information content (AvgIpc) is 2.43. The molecule has 0 radical (unpaired) electrons. The van der Waals surface area contributed by atoms with E-state index in [0.717, 1.165) is 10.0 Å². The van der Waals surface area contributed by atoms with Gasteiger partial charge in [-0.05, 0) is 46.6 Å². The molecule has 0 saturated heterocycles. The van der Waals surface area contributed by atoms with Gasteiger partial charge in [-0.1, -0.05) is 23.7 Å². The van der Waals surface area contributed by atoms with E-state index in [0.29, 0.717) is 17.1 Å². The molecule has 0 bridgehead atoms. The van der Waals surface area contributed by atoms with Gasteiger partial charge in [0, 0.05) is 10.0 Å². The number of amides is 1. The molecular weight excluding hydrogens is 344 g/mol. The molecule has 0 aliphatic heterocycles. The lowest BCUT2D eigenvalue weighted by Crippen LogP contribution is -2.15. The molecular formula is C13H12BrClN4O. The first kappa shape index (κ1) is 14.8. The van der Waals surface area contributed by atoms with Crippen molar-refractivity contribution in [1.29, 1.82) is 0 Å². The Bertz CT molecular complexity index is 663. The standard InChI is InChI=1S/C13H12BrClN4O/c1-7-3-2-4-9(12(7)14)17-13(20)8-5-10(15)18-11(6-8)19-16/h2-6H,16H2,1H3,(H,17,20)(H,18,19). The van der Waals surface area contributed by atoms with Crippen molar-refractivity contribution in [3.8, 4) is 0 Å². The second-order valence-electron chi connectivity index (χ2n) is 4.10. The molecule has 104 valence electrons. The lowest BCUT2D eigenvalue weighted by Gasteiger charge is -2.10. The predicted octanol–water partition coefficient (Wildman–Crippen LogP) is 3.34. The van der Waals surface area contributed by atoms with E-state index in [2.05, 4.69) is 31.7 Å². The number of nitrogens with one attached hydrogen (secondary N) is 2. The third-order valence-corrected chi connectivity index (χ3v) is 3.89. The summed E-state index contributed by atoms with van der Waals surface area (Å²) in [5, 5.41) is 2.99. The van der Waals surface area contributed by atoms with Gasteiger partial charge in [-0.15, -0.1) is 0 Å². The smallest absolute Gasteiger partial charge is 0.255 e. The third kappa shape index (κ3) is 3.27. The summed E-state index contributed by atoms with van der Waals surface area (Å²) in [7, 11) is 0. The van der Waals surface area contributed by atoms with E-state index in [1.54, 1.807) is 6.07 Å². The summed E-state index contributed by atoms with van der Waals surface area (Å²) >= 11 is 9.27. The van der Waals surface area contributed by atoms with Gasteiger partial charge in [-0.25, -0.2) is 10.8 Å². The maximum absolute atomic E-state index is 12.2. The van der Waals surface area contributed by atoms with Crippen molar-refractivity contribution in [1.82, 2.24) is 4.98 Å². The molecule has 20 heavy (non-hydrogen) atoms. The van der Waals surface area contributed by atoms with Gasteiger partial charge >= 0.3 is 0 Å². The van der Waals surface area contributed by atoms with Crippen LogP contribution in [0.2, 0.25) is 5.15 Å². The van der Waals surface area contributed by atoms with Crippen LogP contribution in [0.1, 0.15) is 15.9 Å². The number of hydrazine groups is 1. The number of nitrogens with two attached hydrogens (primary N) is 1. The summed E-state index contributed by atoms with van der Waals surface area (Å²) in [5.74, 6) is 5.30. The largest absolute Gasteiger partial charge is 0.321 e. The maximum atomic E-state index is 12.2. The molecule has 0 aliphatic carbocycles. The molecule has 2 aromatic rings. The number of aromatic nitrogens is 1. The van der Waals surface area contributed by atoms with Crippen molar-refractivity contribution in [3.05, 3.63) is 51.1 Å². The fourth-order valence-corrected chi connectivity index (χ4v) is 2.21. The minimum atomic E-state index is -0.294. The van der Waals surface area contributed by atoms with Crippen molar-refractivity contribution >= 4 is 44.9 Å². The van der Waals surface area contributed by atoms with Crippen LogP contribution in [-0.2, 0) is 0 Å².